The third-order valence-corrected chi connectivity index (χ3v) is 19.6. The van der Waals surface area contributed by atoms with Gasteiger partial charge in [0.05, 0.1) is 18.5 Å². The van der Waals surface area contributed by atoms with Gasteiger partial charge in [-0.15, -0.1) is 0 Å². The summed E-state index contributed by atoms with van der Waals surface area (Å²) >= 11 is 0. The fourth-order valence-corrected chi connectivity index (χ4v) is 8.92. The van der Waals surface area contributed by atoms with Crippen LogP contribution in [0.25, 0.3) is 0 Å². The van der Waals surface area contributed by atoms with Gasteiger partial charge in [0.15, 0.2) is 16.6 Å². The molecule has 3 atom stereocenters. The second kappa shape index (κ2) is 15.6. The molecule has 0 heterocycles. The smallest absolute Gasteiger partial charge is 0.415 e. The number of ether oxygens (including phenoxy) is 1. The number of carbonyl (C=O) groups is 1. The van der Waals surface area contributed by atoms with Crippen LogP contribution in [0.15, 0.2) is 42.2 Å². The molecule has 0 fully saturated rings. The highest BCUT2D eigenvalue weighted by Gasteiger charge is 2.47. The van der Waals surface area contributed by atoms with Crippen LogP contribution in [0, 0.1) is 0 Å². The summed E-state index contributed by atoms with van der Waals surface area (Å²) in [6.45, 7) is 37.2. The second-order valence-electron chi connectivity index (χ2n) is 17.3. The molecule has 1 rings (SSSR count). The van der Waals surface area contributed by atoms with Crippen LogP contribution in [0.4, 0.5) is 4.79 Å². The average Bonchev–Trinajstić information content (AvgIpc) is 2.82. The summed E-state index contributed by atoms with van der Waals surface area (Å²) in [4.78, 5) is 14.9. The summed E-state index contributed by atoms with van der Waals surface area (Å²) in [5.74, 6) is 0. The Hall–Kier alpha value is -1.24. The monoisotopic (exact) mass is 665 g/mol. The number of amides is 1. The van der Waals surface area contributed by atoms with Crippen molar-refractivity contribution in [3.05, 3.63) is 47.7 Å². The van der Waals surface area contributed by atoms with E-state index in [1.165, 1.54) is 0 Å². The molecule has 1 unspecified atom stereocenters. The van der Waals surface area contributed by atoms with E-state index in [9.17, 15) is 9.90 Å². The van der Waals surface area contributed by atoms with E-state index >= 15 is 0 Å². The minimum Gasteiger partial charge on any atom is -0.418 e. The maximum atomic E-state index is 13.1. The number of rotatable bonds is 14. The number of hydrogen-bond acceptors (Lipinski definition) is 5. The molecule has 0 saturated heterocycles. The van der Waals surface area contributed by atoms with Gasteiger partial charge in [-0.1, -0.05) is 91.5 Å². The molecule has 0 spiro atoms. The molecule has 1 aromatic carbocycles. The van der Waals surface area contributed by atoms with Crippen molar-refractivity contribution >= 4 is 30.8 Å². The van der Waals surface area contributed by atoms with Crippen molar-refractivity contribution in [1.82, 2.24) is 4.90 Å². The van der Waals surface area contributed by atoms with E-state index in [0.717, 1.165) is 17.2 Å². The Morgan fingerprint density at radius 3 is 1.68 bits per heavy atom. The van der Waals surface area contributed by atoms with Crippen LogP contribution in [-0.2, 0) is 13.6 Å². The van der Waals surface area contributed by atoms with Gasteiger partial charge in [0.2, 0.25) is 0 Å². The first-order valence-electron chi connectivity index (χ1n) is 16.5. The highest BCUT2D eigenvalue weighted by Crippen LogP contribution is 2.45. The van der Waals surface area contributed by atoms with Gasteiger partial charge in [0.1, 0.15) is 6.10 Å². The highest BCUT2D eigenvalue weighted by molar-refractivity contribution is 6.76. The van der Waals surface area contributed by atoms with Crippen molar-refractivity contribution in [1.29, 1.82) is 0 Å². The lowest BCUT2D eigenvalue weighted by molar-refractivity contribution is -0.0466. The van der Waals surface area contributed by atoms with Gasteiger partial charge in [-0.3, -0.25) is 0 Å². The summed E-state index contributed by atoms with van der Waals surface area (Å²) in [7, 11) is -6.27. The third kappa shape index (κ3) is 12.2. The molecule has 0 bridgehead atoms. The average molecular weight is 666 g/mol. The number of aliphatic hydroxyl groups is 1. The molecule has 0 aliphatic heterocycles. The zero-order chi connectivity index (χ0) is 34.5. The van der Waals surface area contributed by atoms with Gasteiger partial charge < -0.3 is 23.6 Å². The zero-order valence-corrected chi connectivity index (χ0v) is 34.3. The van der Waals surface area contributed by atoms with E-state index < -0.39 is 43.0 Å². The second-order valence-corrected chi connectivity index (χ2v) is 32.3. The summed E-state index contributed by atoms with van der Waals surface area (Å²) in [6, 6.07) is 11.1. The Morgan fingerprint density at radius 1 is 0.818 bits per heavy atom. The van der Waals surface area contributed by atoms with Crippen LogP contribution >= 0.6 is 0 Å². The predicted octanol–water partition coefficient (Wildman–Crippen LogP) is 10.4. The molecule has 0 aliphatic rings. The van der Waals surface area contributed by atoms with E-state index in [-0.39, 0.29) is 28.3 Å². The molecule has 1 N–H and O–H groups in total. The number of benzene rings is 1. The molecule has 0 aliphatic carbocycles. The Labute approximate surface area is 274 Å². The molecular formula is C35H67NO5Si3. The third-order valence-electron chi connectivity index (χ3n) is 9.15. The first kappa shape index (κ1) is 40.8. The number of aliphatic hydroxyl groups excluding tert-OH is 1. The van der Waals surface area contributed by atoms with Crippen molar-refractivity contribution in [3.8, 4) is 0 Å². The van der Waals surface area contributed by atoms with Crippen LogP contribution in [-0.4, -0.2) is 65.1 Å². The minimum atomic E-state index is -2.35. The molecule has 0 radical (unpaired) electrons. The van der Waals surface area contributed by atoms with Crippen LogP contribution in [0.1, 0.15) is 87.3 Å². The maximum absolute atomic E-state index is 13.1. The van der Waals surface area contributed by atoms with Gasteiger partial charge in [-0.25, -0.2) is 4.79 Å². The number of nitrogens with zero attached hydrogens (tertiary/aromatic N) is 1. The Bertz CT molecular complexity index is 1060. The molecule has 9 heteroatoms. The lowest BCUT2D eigenvalue weighted by atomic mass is 9.97. The van der Waals surface area contributed by atoms with Crippen molar-refractivity contribution in [2.45, 2.75) is 168 Å². The van der Waals surface area contributed by atoms with Gasteiger partial charge in [0.25, 0.3) is 0 Å². The van der Waals surface area contributed by atoms with Crippen LogP contribution in [0.3, 0.4) is 0 Å². The van der Waals surface area contributed by atoms with Gasteiger partial charge >= 0.3 is 6.09 Å². The Morgan fingerprint density at radius 2 is 1.27 bits per heavy atom. The van der Waals surface area contributed by atoms with E-state index in [1.54, 1.807) is 11.2 Å². The predicted molar refractivity (Wildman–Crippen MR) is 195 cm³/mol. The topological polar surface area (TPSA) is 68.2 Å². The maximum Gasteiger partial charge on any atom is 0.415 e. The minimum absolute atomic E-state index is 0.0171. The summed E-state index contributed by atoms with van der Waals surface area (Å²) < 4.78 is 20.1. The Kier molecular flexibility index (Phi) is 14.4. The molecule has 6 nitrogen and oxygen atoms in total. The highest BCUT2D eigenvalue weighted by atomic mass is 28.4. The first-order chi connectivity index (χ1) is 19.7. The Balaban J connectivity index is 3.72. The SMILES string of the molecule is CC(C)N(C(=O)O/C=C(\CC(O)[C@@H](O[Si](C)(C)C(C)(C)C)[C@H](O[Si](C)(C)C(C)(C)C)c1ccccc1)C[Si](C)(C)C)C(C)C. The normalized spacial score (nSPS) is 16.2. The van der Waals surface area contributed by atoms with Gasteiger partial charge in [-0.05, 0) is 87.6 Å². The molecule has 0 saturated carbocycles. The fourth-order valence-electron chi connectivity index (χ4n) is 4.76. The zero-order valence-electron chi connectivity index (χ0n) is 31.3. The quantitative estimate of drug-likeness (QED) is 0.158. The summed E-state index contributed by atoms with van der Waals surface area (Å²) in [5, 5.41) is 12.2. The van der Waals surface area contributed by atoms with Crippen molar-refractivity contribution in [2.75, 3.05) is 0 Å². The molecule has 44 heavy (non-hydrogen) atoms. The lowest BCUT2D eigenvalue weighted by Crippen LogP contribution is -2.52. The molecular weight excluding hydrogens is 599 g/mol. The van der Waals surface area contributed by atoms with E-state index in [2.05, 4.69) is 99.5 Å². The summed E-state index contributed by atoms with van der Waals surface area (Å²) in [6.07, 6.45) is -0.339. The van der Waals surface area contributed by atoms with E-state index in [0.29, 0.717) is 6.42 Å². The standard InChI is InChI=1S/C35H67NO5Si3/c1-26(2)36(27(3)4)33(38)39-24-28(25-42(11,12)13)23-30(37)32(41-44(16,17)35(8,9)10)31(29-21-19-18-20-22-29)40-43(14,15)34(5,6)7/h18-22,24,26-27,30-32,37H,23,25H2,1-17H3/b28-24+/t30?,31-,32-/m1/s1. The first-order valence-corrected chi connectivity index (χ1v) is 26.0. The van der Waals surface area contributed by atoms with Gasteiger partial charge in [-0.2, -0.15) is 0 Å². The van der Waals surface area contributed by atoms with Crippen molar-refractivity contribution in [2.24, 2.45) is 0 Å². The van der Waals surface area contributed by atoms with Crippen LogP contribution in [0.2, 0.25) is 61.9 Å². The van der Waals surface area contributed by atoms with Crippen LogP contribution in [0.5, 0.6) is 0 Å². The van der Waals surface area contributed by atoms with Crippen molar-refractivity contribution in [3.63, 3.8) is 0 Å². The largest absolute Gasteiger partial charge is 0.418 e. The summed E-state index contributed by atoms with van der Waals surface area (Å²) in [5.41, 5.74) is 1.94. The molecule has 1 aromatic rings. The van der Waals surface area contributed by atoms with E-state index in [1.807, 2.05) is 45.9 Å². The van der Waals surface area contributed by atoms with Crippen molar-refractivity contribution < 1.29 is 23.5 Å². The van der Waals surface area contributed by atoms with Crippen LogP contribution < -0.4 is 0 Å². The molecule has 0 aromatic heterocycles. The van der Waals surface area contributed by atoms with Gasteiger partial charge in [0, 0.05) is 20.2 Å². The fraction of sp³-hybridized carbons (Fsp3) is 0.743. The molecule has 1 amide bonds. The number of carbonyl (C=O) groups excluding carboxylic acids is 1. The molecule has 254 valence electrons. The van der Waals surface area contributed by atoms with E-state index in [4.69, 9.17) is 13.6 Å². The lowest BCUT2D eigenvalue weighted by Gasteiger charge is -2.46. The number of hydrogen-bond donors (Lipinski definition) is 1.